The van der Waals surface area contributed by atoms with Crippen molar-refractivity contribution in [2.45, 2.75) is 64.7 Å². The lowest BCUT2D eigenvalue weighted by Gasteiger charge is -2.45. The van der Waals surface area contributed by atoms with Crippen LogP contribution in [-0.4, -0.2) is 73.3 Å². The summed E-state index contributed by atoms with van der Waals surface area (Å²) in [4.78, 5) is 43.9. The van der Waals surface area contributed by atoms with Crippen LogP contribution >= 0.6 is 27.5 Å². The van der Waals surface area contributed by atoms with Crippen molar-refractivity contribution in [1.29, 1.82) is 0 Å². The maximum absolute atomic E-state index is 14.8. The van der Waals surface area contributed by atoms with Gasteiger partial charge in [-0.1, -0.05) is 61.8 Å². The number of carbonyl (C=O) groups excluding carboxylic acids is 2. The second kappa shape index (κ2) is 15.1. The molecule has 2 aromatic heterocycles. The molecule has 246 valence electrons. The fourth-order valence-corrected chi connectivity index (χ4v) is 7.52. The van der Waals surface area contributed by atoms with E-state index < -0.39 is 6.04 Å². The zero-order chi connectivity index (χ0) is 32.9. The summed E-state index contributed by atoms with van der Waals surface area (Å²) < 4.78 is 2.98. The number of pyridine rings is 1. The summed E-state index contributed by atoms with van der Waals surface area (Å²) in [6, 6.07) is 17.6. The first kappa shape index (κ1) is 33.4. The second-order valence-corrected chi connectivity index (χ2v) is 14.4. The first-order valence-electron chi connectivity index (χ1n) is 16.5. The minimum absolute atomic E-state index is 0.0183. The van der Waals surface area contributed by atoms with E-state index in [1.165, 1.54) is 11.1 Å². The van der Waals surface area contributed by atoms with Crippen molar-refractivity contribution in [2.24, 2.45) is 5.92 Å². The molecule has 1 aliphatic heterocycles. The van der Waals surface area contributed by atoms with Crippen LogP contribution in [-0.2, 0) is 35.5 Å². The summed E-state index contributed by atoms with van der Waals surface area (Å²) in [6.45, 7) is 7.43. The molecule has 2 amide bonds. The average Bonchev–Trinajstić information content (AvgIpc) is 3.53. The number of piperazine rings is 1. The van der Waals surface area contributed by atoms with Crippen molar-refractivity contribution >= 4 is 39.3 Å². The van der Waals surface area contributed by atoms with Gasteiger partial charge in [0, 0.05) is 73.8 Å². The summed E-state index contributed by atoms with van der Waals surface area (Å²) in [5.74, 6) is 0.210. The van der Waals surface area contributed by atoms with E-state index in [0.717, 1.165) is 47.1 Å². The van der Waals surface area contributed by atoms with Crippen molar-refractivity contribution in [3.63, 3.8) is 0 Å². The zero-order valence-electron chi connectivity index (χ0n) is 27.1. The topological polar surface area (TPSA) is 74.6 Å². The molecule has 3 heterocycles. The molecule has 1 fully saturated rings. The molecule has 6 rings (SSSR count). The third-order valence-corrected chi connectivity index (χ3v) is 9.86. The van der Waals surface area contributed by atoms with Crippen molar-refractivity contribution in [1.82, 2.24) is 29.2 Å². The second-order valence-electron chi connectivity index (χ2n) is 13.0. The fraction of sp³-hybridized carbons (Fsp3) is 0.405. The Hall–Kier alpha value is -3.53. The Kier molecular flexibility index (Phi) is 10.7. The Morgan fingerprint density at radius 2 is 1.87 bits per heavy atom. The van der Waals surface area contributed by atoms with Crippen LogP contribution in [0.3, 0.4) is 0 Å². The number of benzene rings is 2. The van der Waals surface area contributed by atoms with Gasteiger partial charge in [-0.15, -0.1) is 0 Å². The van der Waals surface area contributed by atoms with Gasteiger partial charge < -0.3 is 14.4 Å². The summed E-state index contributed by atoms with van der Waals surface area (Å²) >= 11 is 10.1. The van der Waals surface area contributed by atoms with Gasteiger partial charge in [0.25, 0.3) is 0 Å². The Balaban J connectivity index is 1.35. The van der Waals surface area contributed by atoms with E-state index in [4.69, 9.17) is 16.6 Å². The average molecular weight is 718 g/mol. The molecule has 4 aromatic rings. The number of aromatic nitrogens is 3. The first-order valence-corrected chi connectivity index (χ1v) is 17.7. The van der Waals surface area contributed by atoms with Gasteiger partial charge in [-0.05, 0) is 81.6 Å². The Labute approximate surface area is 290 Å². The van der Waals surface area contributed by atoms with Crippen molar-refractivity contribution in [3.05, 3.63) is 117 Å². The minimum Gasteiger partial charge on any atom is -0.337 e. The number of fused-ring (bicyclic) bond motifs is 2. The van der Waals surface area contributed by atoms with Crippen LogP contribution in [0.15, 0.2) is 84.0 Å². The zero-order valence-corrected chi connectivity index (χ0v) is 29.4. The molecule has 1 saturated heterocycles. The lowest BCUT2D eigenvalue weighted by molar-refractivity contribution is -0.151. The number of rotatable bonds is 10. The molecule has 8 nitrogen and oxygen atoms in total. The van der Waals surface area contributed by atoms with Crippen LogP contribution < -0.4 is 0 Å². The van der Waals surface area contributed by atoms with Crippen LogP contribution in [0.25, 0.3) is 0 Å². The fourth-order valence-electron chi connectivity index (χ4n) is 6.94. The number of imidazole rings is 1. The van der Waals surface area contributed by atoms with E-state index >= 15 is 0 Å². The predicted molar refractivity (Wildman–Crippen MR) is 188 cm³/mol. The van der Waals surface area contributed by atoms with E-state index in [2.05, 4.69) is 70.0 Å². The summed E-state index contributed by atoms with van der Waals surface area (Å²) in [5, 5.41) is 0.715. The predicted octanol–water partition coefficient (Wildman–Crippen LogP) is 6.56. The van der Waals surface area contributed by atoms with Gasteiger partial charge >= 0.3 is 0 Å². The summed E-state index contributed by atoms with van der Waals surface area (Å²) in [5.41, 5.74) is 5.61. The highest BCUT2D eigenvalue weighted by Gasteiger charge is 2.41. The number of amides is 2. The maximum atomic E-state index is 14.8. The molecule has 2 atom stereocenters. The number of aryl methyl sites for hydroxylation is 3. The van der Waals surface area contributed by atoms with Crippen LogP contribution in [0.4, 0.5) is 0 Å². The molecule has 10 heteroatoms. The Morgan fingerprint density at radius 3 is 2.64 bits per heavy atom. The van der Waals surface area contributed by atoms with Crippen LogP contribution in [0.2, 0.25) is 5.02 Å². The number of hydrogen-bond donors (Lipinski definition) is 0. The number of carbonyl (C=O) groups is 2. The summed E-state index contributed by atoms with van der Waals surface area (Å²) in [6.07, 6.45) is 10.3. The van der Waals surface area contributed by atoms with E-state index in [9.17, 15) is 9.59 Å². The summed E-state index contributed by atoms with van der Waals surface area (Å²) in [7, 11) is 0. The Bertz CT molecular complexity index is 1630. The molecule has 47 heavy (non-hydrogen) atoms. The lowest BCUT2D eigenvalue weighted by Crippen LogP contribution is -2.61. The Morgan fingerprint density at radius 1 is 1.06 bits per heavy atom. The third-order valence-electron chi connectivity index (χ3n) is 9.19. The van der Waals surface area contributed by atoms with E-state index in [1.807, 2.05) is 51.0 Å². The molecular weight excluding hydrogens is 676 g/mol. The number of nitrogens with zero attached hydrogens (tertiary/aromatic N) is 6. The van der Waals surface area contributed by atoms with Crippen molar-refractivity contribution in [3.8, 4) is 0 Å². The molecule has 0 radical (unpaired) electrons. The van der Waals surface area contributed by atoms with E-state index in [-0.39, 0.29) is 23.8 Å². The van der Waals surface area contributed by atoms with Gasteiger partial charge in [0.2, 0.25) is 11.8 Å². The van der Waals surface area contributed by atoms with Crippen molar-refractivity contribution in [2.75, 3.05) is 26.2 Å². The molecule has 0 N–H and O–H groups in total. The van der Waals surface area contributed by atoms with E-state index in [0.29, 0.717) is 44.2 Å². The van der Waals surface area contributed by atoms with Crippen LogP contribution in [0, 0.1) is 5.92 Å². The minimum atomic E-state index is -0.621. The lowest BCUT2D eigenvalue weighted by atomic mass is 9.94. The molecule has 2 aliphatic rings. The molecule has 0 unspecified atom stereocenters. The van der Waals surface area contributed by atoms with Gasteiger partial charge in [0.05, 0.1) is 18.1 Å². The maximum Gasteiger partial charge on any atom is 0.247 e. The van der Waals surface area contributed by atoms with Gasteiger partial charge in [0.1, 0.15) is 6.04 Å². The molecule has 0 spiro atoms. The largest absolute Gasteiger partial charge is 0.337 e. The standard InChI is InChI=1S/C37H42BrClN6O2/c1-26(2)19-34(46)45-18-17-43(36-32-12-11-31(39)21-28(32)9-10-29-20-30(38)22-41-35(29)36)24-33(45)37(47)44(23-27-7-4-3-5-8-27)15-6-14-42-16-13-40-25-42/h3-5,7-8,11-13,16,20-22,25-26,33,36H,6,9-10,14-15,17-19,23-24H2,1-2H3/t33-,36+/m1/s1. The van der Waals surface area contributed by atoms with Gasteiger partial charge in [0.15, 0.2) is 0 Å². The first-order chi connectivity index (χ1) is 22.8. The number of halogens is 2. The SMILES string of the molecule is CC(C)CC(=O)N1CCN([C@H]2c3ccc(Cl)cc3CCc3cc(Br)cnc32)C[C@@H]1C(=O)N(CCCn1ccnc1)Cc1ccccc1. The van der Waals surface area contributed by atoms with E-state index in [1.54, 1.807) is 12.5 Å². The molecule has 0 saturated carbocycles. The van der Waals surface area contributed by atoms with Gasteiger partial charge in [-0.2, -0.15) is 0 Å². The smallest absolute Gasteiger partial charge is 0.247 e. The van der Waals surface area contributed by atoms with Crippen LogP contribution in [0.5, 0.6) is 0 Å². The van der Waals surface area contributed by atoms with Gasteiger partial charge in [-0.25, -0.2) is 4.98 Å². The molecular formula is C37H42BrClN6O2. The normalized spacial score (nSPS) is 18.0. The molecule has 2 aromatic carbocycles. The third kappa shape index (κ3) is 7.96. The molecule has 0 bridgehead atoms. The van der Waals surface area contributed by atoms with Gasteiger partial charge in [-0.3, -0.25) is 19.5 Å². The molecule has 1 aliphatic carbocycles. The monoisotopic (exact) mass is 716 g/mol. The highest BCUT2D eigenvalue weighted by molar-refractivity contribution is 9.10. The van der Waals surface area contributed by atoms with Crippen LogP contribution in [0.1, 0.15) is 60.7 Å². The highest BCUT2D eigenvalue weighted by Crippen LogP contribution is 2.39. The number of hydrogen-bond acceptors (Lipinski definition) is 5. The van der Waals surface area contributed by atoms with Crippen molar-refractivity contribution < 1.29 is 9.59 Å². The highest BCUT2D eigenvalue weighted by atomic mass is 79.9. The quantitative estimate of drug-likeness (QED) is 0.186.